The molecule has 0 saturated heterocycles. The Hall–Kier alpha value is -1.40. The fourth-order valence-corrected chi connectivity index (χ4v) is 3.66. The van der Waals surface area contributed by atoms with Crippen LogP contribution >= 0.6 is 23.4 Å². The van der Waals surface area contributed by atoms with Gasteiger partial charge in [-0.3, -0.25) is 9.79 Å². The lowest BCUT2D eigenvalue weighted by Crippen LogP contribution is -2.45. The summed E-state index contributed by atoms with van der Waals surface area (Å²) in [6.07, 6.45) is 5.78. The predicted octanol–water partition coefficient (Wildman–Crippen LogP) is 2.52. The number of thioether (sulfide) groups is 1. The van der Waals surface area contributed by atoms with Gasteiger partial charge in [-0.1, -0.05) is 11.6 Å². The summed E-state index contributed by atoms with van der Waals surface area (Å²) in [5.74, 6) is 0.692. The number of benzene rings is 1. The minimum absolute atomic E-state index is 0.102. The summed E-state index contributed by atoms with van der Waals surface area (Å²) in [7, 11) is 1.77. The maximum atomic E-state index is 12.0. The first kappa shape index (κ1) is 18.9. The molecule has 5 nitrogen and oxygen atoms in total. The Labute approximate surface area is 153 Å². The van der Waals surface area contributed by atoms with Gasteiger partial charge in [0.1, 0.15) is 0 Å². The number of amides is 1. The Balaban J connectivity index is 1.67. The average Bonchev–Trinajstić information content (AvgIpc) is 3.05. The number of rotatable bonds is 6. The third-order valence-electron chi connectivity index (χ3n) is 4.09. The van der Waals surface area contributed by atoms with Crippen LogP contribution in [-0.4, -0.2) is 49.6 Å². The normalized spacial score (nSPS) is 20.7. The smallest absolute Gasteiger partial charge is 0.251 e. The Morgan fingerprint density at radius 3 is 2.58 bits per heavy atom. The van der Waals surface area contributed by atoms with Crippen molar-refractivity contribution >= 4 is 35.2 Å². The Morgan fingerprint density at radius 1 is 1.25 bits per heavy atom. The average molecular weight is 369 g/mol. The number of guanidine groups is 1. The number of carbonyl (C=O) groups is 1. The van der Waals surface area contributed by atoms with Crippen LogP contribution in [0, 0.1) is 0 Å². The van der Waals surface area contributed by atoms with Gasteiger partial charge in [0.05, 0.1) is 0 Å². The van der Waals surface area contributed by atoms with Crippen molar-refractivity contribution in [3.63, 3.8) is 0 Å². The minimum Gasteiger partial charge on any atom is -0.355 e. The molecular formula is C17H25ClN4OS. The molecule has 3 N–H and O–H groups in total. The largest absolute Gasteiger partial charge is 0.355 e. The maximum absolute atomic E-state index is 12.0. The monoisotopic (exact) mass is 368 g/mol. The number of hydrogen-bond acceptors (Lipinski definition) is 3. The maximum Gasteiger partial charge on any atom is 0.251 e. The van der Waals surface area contributed by atoms with Crippen molar-refractivity contribution in [2.75, 3.05) is 26.4 Å². The summed E-state index contributed by atoms with van der Waals surface area (Å²) in [5.41, 5.74) is 0.607. The first-order chi connectivity index (χ1) is 11.6. The molecule has 24 heavy (non-hydrogen) atoms. The molecule has 132 valence electrons. The van der Waals surface area contributed by atoms with E-state index < -0.39 is 0 Å². The quantitative estimate of drug-likeness (QED) is 0.410. The molecule has 0 radical (unpaired) electrons. The molecule has 7 heteroatoms. The number of nitrogens with zero attached hydrogens (tertiary/aromatic N) is 1. The van der Waals surface area contributed by atoms with Crippen LogP contribution in [0.5, 0.6) is 0 Å². The van der Waals surface area contributed by atoms with Crippen molar-refractivity contribution in [2.24, 2.45) is 4.99 Å². The van der Waals surface area contributed by atoms with Gasteiger partial charge >= 0.3 is 0 Å². The van der Waals surface area contributed by atoms with Gasteiger partial charge in [-0.2, -0.15) is 11.8 Å². The van der Waals surface area contributed by atoms with Gasteiger partial charge in [-0.25, -0.2) is 0 Å². The Kier molecular flexibility index (Phi) is 7.72. The van der Waals surface area contributed by atoms with Crippen LogP contribution in [0.2, 0.25) is 5.02 Å². The van der Waals surface area contributed by atoms with Crippen LogP contribution in [0.4, 0.5) is 0 Å². The topological polar surface area (TPSA) is 65.5 Å². The molecule has 1 aliphatic carbocycles. The standard InChI is InChI=1S/C17H25ClN4OS/c1-19-17(22-14-7-8-15(11-14)24-2)21-10-9-20-16(23)12-3-5-13(18)6-4-12/h3-6,14-15H,7-11H2,1-2H3,(H,20,23)(H2,19,21,22). The summed E-state index contributed by atoms with van der Waals surface area (Å²) in [6, 6.07) is 7.34. The summed E-state index contributed by atoms with van der Waals surface area (Å²) in [6.45, 7) is 1.15. The van der Waals surface area contributed by atoms with Crippen molar-refractivity contribution < 1.29 is 4.79 Å². The number of hydrogen-bond donors (Lipinski definition) is 3. The van der Waals surface area contributed by atoms with Crippen LogP contribution in [-0.2, 0) is 0 Å². The second-order valence-electron chi connectivity index (χ2n) is 5.77. The molecule has 1 saturated carbocycles. The molecular weight excluding hydrogens is 344 g/mol. The molecule has 1 aromatic carbocycles. The van der Waals surface area contributed by atoms with Gasteiger partial charge in [0.15, 0.2) is 5.96 Å². The zero-order valence-electron chi connectivity index (χ0n) is 14.1. The molecule has 0 aromatic heterocycles. The van der Waals surface area contributed by atoms with Gasteiger partial charge in [-0.05, 0) is 49.8 Å². The van der Waals surface area contributed by atoms with E-state index in [0.29, 0.717) is 29.7 Å². The van der Waals surface area contributed by atoms with Gasteiger partial charge in [0.25, 0.3) is 5.91 Å². The highest BCUT2D eigenvalue weighted by Gasteiger charge is 2.24. The third kappa shape index (κ3) is 5.91. The van der Waals surface area contributed by atoms with E-state index in [4.69, 9.17) is 11.6 Å². The zero-order chi connectivity index (χ0) is 17.4. The van der Waals surface area contributed by atoms with Crippen molar-refractivity contribution in [3.8, 4) is 0 Å². The molecule has 1 aromatic rings. The van der Waals surface area contributed by atoms with Crippen LogP contribution in [0.1, 0.15) is 29.6 Å². The van der Waals surface area contributed by atoms with E-state index in [9.17, 15) is 4.79 Å². The van der Waals surface area contributed by atoms with Crippen LogP contribution in [0.25, 0.3) is 0 Å². The van der Waals surface area contributed by atoms with E-state index in [1.165, 1.54) is 19.3 Å². The molecule has 2 rings (SSSR count). The molecule has 2 atom stereocenters. The highest BCUT2D eigenvalue weighted by molar-refractivity contribution is 7.99. The lowest BCUT2D eigenvalue weighted by Gasteiger charge is -2.17. The fourth-order valence-electron chi connectivity index (χ4n) is 2.73. The van der Waals surface area contributed by atoms with Gasteiger partial charge in [0.2, 0.25) is 0 Å². The fraction of sp³-hybridized carbons (Fsp3) is 0.529. The molecule has 0 heterocycles. The van der Waals surface area contributed by atoms with E-state index in [2.05, 4.69) is 27.2 Å². The predicted molar refractivity (Wildman–Crippen MR) is 103 cm³/mol. The Morgan fingerprint density at radius 2 is 1.96 bits per heavy atom. The highest BCUT2D eigenvalue weighted by atomic mass is 35.5. The van der Waals surface area contributed by atoms with Crippen molar-refractivity contribution in [1.82, 2.24) is 16.0 Å². The zero-order valence-corrected chi connectivity index (χ0v) is 15.7. The molecule has 0 spiro atoms. The number of aliphatic imine (C=N–C) groups is 1. The van der Waals surface area contributed by atoms with E-state index in [-0.39, 0.29) is 5.91 Å². The lowest BCUT2D eigenvalue weighted by molar-refractivity contribution is 0.0954. The summed E-state index contributed by atoms with van der Waals surface area (Å²) >= 11 is 7.76. The number of carbonyl (C=O) groups excluding carboxylic acids is 1. The summed E-state index contributed by atoms with van der Waals surface area (Å²) in [4.78, 5) is 16.2. The van der Waals surface area contributed by atoms with Crippen molar-refractivity contribution in [1.29, 1.82) is 0 Å². The molecule has 0 aliphatic heterocycles. The van der Waals surface area contributed by atoms with E-state index in [1.807, 2.05) is 11.8 Å². The minimum atomic E-state index is -0.102. The second kappa shape index (κ2) is 9.79. The molecule has 0 bridgehead atoms. The SMILES string of the molecule is CN=C(NCCNC(=O)c1ccc(Cl)cc1)NC1CCC(SC)C1. The van der Waals surface area contributed by atoms with Crippen LogP contribution in [0.3, 0.4) is 0 Å². The second-order valence-corrected chi connectivity index (χ2v) is 7.35. The van der Waals surface area contributed by atoms with E-state index in [1.54, 1.807) is 31.3 Å². The van der Waals surface area contributed by atoms with Gasteiger partial charge in [-0.15, -0.1) is 0 Å². The van der Waals surface area contributed by atoms with Crippen molar-refractivity contribution in [2.45, 2.75) is 30.6 Å². The number of nitrogens with one attached hydrogen (secondary N) is 3. The highest BCUT2D eigenvalue weighted by Crippen LogP contribution is 2.27. The first-order valence-corrected chi connectivity index (χ1v) is 9.82. The molecule has 2 unspecified atom stereocenters. The molecule has 1 amide bonds. The van der Waals surface area contributed by atoms with Crippen LogP contribution in [0.15, 0.2) is 29.3 Å². The van der Waals surface area contributed by atoms with Gasteiger partial charge < -0.3 is 16.0 Å². The molecule has 1 aliphatic rings. The van der Waals surface area contributed by atoms with E-state index >= 15 is 0 Å². The Bertz CT molecular complexity index is 564. The third-order valence-corrected chi connectivity index (χ3v) is 5.44. The first-order valence-electron chi connectivity index (χ1n) is 8.16. The number of halogens is 1. The molecule has 1 fully saturated rings. The van der Waals surface area contributed by atoms with Crippen molar-refractivity contribution in [3.05, 3.63) is 34.9 Å². The van der Waals surface area contributed by atoms with Crippen LogP contribution < -0.4 is 16.0 Å². The van der Waals surface area contributed by atoms with E-state index in [0.717, 1.165) is 11.2 Å². The van der Waals surface area contributed by atoms with Gasteiger partial charge in [0, 0.05) is 42.0 Å². The lowest BCUT2D eigenvalue weighted by atomic mass is 10.2. The summed E-state index contributed by atoms with van der Waals surface area (Å²) < 4.78 is 0. The summed E-state index contributed by atoms with van der Waals surface area (Å²) in [5, 5.41) is 10.9.